The number of benzene rings is 1. The molecular formula is C15H13NOS2. The van der Waals surface area contributed by atoms with Crippen molar-refractivity contribution in [3.05, 3.63) is 51.3 Å². The van der Waals surface area contributed by atoms with Gasteiger partial charge in [0.1, 0.15) is 11.6 Å². The zero-order valence-corrected chi connectivity index (χ0v) is 12.2. The van der Waals surface area contributed by atoms with Crippen molar-refractivity contribution >= 4 is 35.4 Å². The second-order valence-electron chi connectivity index (χ2n) is 4.08. The van der Waals surface area contributed by atoms with Crippen LogP contribution < -0.4 is 0 Å². The molecular weight excluding hydrogens is 274 g/mol. The normalized spacial score (nSPS) is 14.6. The van der Waals surface area contributed by atoms with Crippen LogP contribution in [0.3, 0.4) is 0 Å². The van der Waals surface area contributed by atoms with E-state index < -0.39 is 0 Å². The van der Waals surface area contributed by atoms with Gasteiger partial charge in [-0.1, -0.05) is 35.9 Å². The number of thioether (sulfide) groups is 2. The molecule has 0 amide bonds. The molecule has 0 saturated carbocycles. The third kappa shape index (κ3) is 3.76. The Morgan fingerprint density at radius 3 is 2.47 bits per heavy atom. The lowest BCUT2D eigenvalue weighted by molar-refractivity contribution is -0.110. The van der Waals surface area contributed by atoms with Crippen molar-refractivity contribution in [2.24, 2.45) is 0 Å². The number of hydrogen-bond donors (Lipinski definition) is 0. The van der Waals surface area contributed by atoms with E-state index in [1.807, 2.05) is 37.3 Å². The Kier molecular flexibility index (Phi) is 4.89. The van der Waals surface area contributed by atoms with E-state index in [1.165, 1.54) is 11.6 Å². The number of hydrogen-bond acceptors (Lipinski definition) is 4. The maximum Gasteiger partial charge on any atom is 0.198 e. The van der Waals surface area contributed by atoms with Crippen LogP contribution in [-0.2, 0) is 4.79 Å². The fourth-order valence-electron chi connectivity index (χ4n) is 1.59. The number of allylic oxidation sites excluding steroid dienone is 2. The fourth-order valence-corrected chi connectivity index (χ4v) is 4.04. The van der Waals surface area contributed by atoms with Gasteiger partial charge in [0.05, 0.1) is 4.24 Å². The maximum absolute atomic E-state index is 12.0. The van der Waals surface area contributed by atoms with E-state index in [1.54, 1.807) is 29.6 Å². The van der Waals surface area contributed by atoms with Gasteiger partial charge in [-0.15, -0.1) is 23.5 Å². The molecule has 1 heterocycles. The Labute approximate surface area is 121 Å². The fraction of sp³-hybridized carbons (Fsp3) is 0.200. The van der Waals surface area contributed by atoms with E-state index in [-0.39, 0.29) is 11.4 Å². The summed E-state index contributed by atoms with van der Waals surface area (Å²) in [6.07, 6.45) is 3.24. The lowest BCUT2D eigenvalue weighted by atomic mass is 10.1. The summed E-state index contributed by atoms with van der Waals surface area (Å²) in [5, 5.41) is 9.10. The monoisotopic (exact) mass is 287 g/mol. The summed E-state index contributed by atoms with van der Waals surface area (Å²) in [5.74, 6) is 1.74. The first kappa shape index (κ1) is 14.0. The highest BCUT2D eigenvalue weighted by Gasteiger charge is 2.18. The van der Waals surface area contributed by atoms with Crippen molar-refractivity contribution in [3.8, 4) is 6.07 Å². The molecule has 19 heavy (non-hydrogen) atoms. The first-order valence-corrected chi connectivity index (χ1v) is 7.87. The van der Waals surface area contributed by atoms with Gasteiger partial charge in [-0.25, -0.2) is 0 Å². The Balaban J connectivity index is 2.14. The molecule has 0 spiro atoms. The summed E-state index contributed by atoms with van der Waals surface area (Å²) >= 11 is 3.18. The number of carbonyl (C=O) groups excluding carboxylic acids is 1. The number of nitrogens with zero attached hydrogens (tertiary/aromatic N) is 1. The smallest absolute Gasteiger partial charge is 0.198 e. The highest BCUT2D eigenvalue weighted by Crippen LogP contribution is 2.38. The molecule has 0 aromatic heterocycles. The topological polar surface area (TPSA) is 40.9 Å². The number of rotatable bonds is 3. The predicted octanol–water partition coefficient (Wildman–Crippen LogP) is 3.79. The van der Waals surface area contributed by atoms with Gasteiger partial charge in [0.2, 0.25) is 0 Å². The molecule has 2 nitrogen and oxygen atoms in total. The molecule has 2 rings (SSSR count). The van der Waals surface area contributed by atoms with E-state index in [4.69, 9.17) is 5.26 Å². The molecule has 1 aromatic rings. The molecule has 0 atom stereocenters. The molecule has 4 heteroatoms. The molecule has 0 radical (unpaired) electrons. The van der Waals surface area contributed by atoms with Crippen LogP contribution in [0.15, 0.2) is 40.2 Å². The molecule has 1 aliphatic heterocycles. The Morgan fingerprint density at radius 2 is 1.89 bits per heavy atom. The van der Waals surface area contributed by atoms with Crippen LogP contribution in [0.1, 0.15) is 11.1 Å². The molecule has 0 bridgehead atoms. The van der Waals surface area contributed by atoms with Gasteiger partial charge in [-0.3, -0.25) is 4.79 Å². The second kappa shape index (κ2) is 6.65. The third-order valence-corrected chi connectivity index (χ3v) is 5.33. The van der Waals surface area contributed by atoms with Gasteiger partial charge in [0.15, 0.2) is 5.78 Å². The quantitative estimate of drug-likeness (QED) is 0.626. The zero-order chi connectivity index (χ0) is 13.7. The summed E-state index contributed by atoms with van der Waals surface area (Å²) in [5.41, 5.74) is 2.42. The number of aryl methyl sites for hydroxylation is 1. The van der Waals surface area contributed by atoms with Crippen molar-refractivity contribution in [2.75, 3.05) is 11.5 Å². The molecule has 0 unspecified atom stereocenters. The maximum atomic E-state index is 12.0. The van der Waals surface area contributed by atoms with Gasteiger partial charge in [0.25, 0.3) is 0 Å². The summed E-state index contributed by atoms with van der Waals surface area (Å²) in [6.45, 7) is 2.02. The third-order valence-electron chi connectivity index (χ3n) is 2.62. The van der Waals surface area contributed by atoms with Crippen molar-refractivity contribution in [1.29, 1.82) is 5.26 Å². The molecule has 0 aliphatic carbocycles. The average molecular weight is 287 g/mol. The van der Waals surface area contributed by atoms with Crippen LogP contribution in [0, 0.1) is 18.3 Å². The number of carbonyl (C=O) groups is 1. The van der Waals surface area contributed by atoms with E-state index >= 15 is 0 Å². The van der Waals surface area contributed by atoms with Gasteiger partial charge in [-0.05, 0) is 18.6 Å². The standard InChI is InChI=1S/C15H13NOS2/c1-11-2-4-12(5-3-11)6-7-14(17)13(10-16)15-18-8-9-19-15/h2-7H,8-9H2,1H3/b7-6+. The van der Waals surface area contributed by atoms with Gasteiger partial charge in [-0.2, -0.15) is 5.26 Å². The number of ketones is 1. The summed E-state index contributed by atoms with van der Waals surface area (Å²) in [7, 11) is 0. The minimum atomic E-state index is -0.208. The second-order valence-corrected chi connectivity index (χ2v) is 6.55. The van der Waals surface area contributed by atoms with Crippen molar-refractivity contribution in [2.45, 2.75) is 6.92 Å². The Hall–Kier alpha value is -1.44. The van der Waals surface area contributed by atoms with E-state index in [2.05, 4.69) is 0 Å². The van der Waals surface area contributed by atoms with E-state index in [0.717, 1.165) is 21.3 Å². The van der Waals surface area contributed by atoms with Crippen LogP contribution >= 0.6 is 23.5 Å². The number of nitriles is 1. The van der Waals surface area contributed by atoms with Crippen molar-refractivity contribution < 1.29 is 4.79 Å². The Morgan fingerprint density at radius 1 is 1.26 bits per heavy atom. The van der Waals surface area contributed by atoms with Crippen LogP contribution in [0.25, 0.3) is 6.08 Å². The van der Waals surface area contributed by atoms with Gasteiger partial charge < -0.3 is 0 Å². The van der Waals surface area contributed by atoms with Gasteiger partial charge in [0, 0.05) is 11.5 Å². The predicted molar refractivity (Wildman–Crippen MR) is 82.8 cm³/mol. The van der Waals surface area contributed by atoms with Gasteiger partial charge >= 0.3 is 0 Å². The molecule has 0 N–H and O–H groups in total. The first-order valence-electron chi connectivity index (χ1n) is 5.90. The van der Waals surface area contributed by atoms with Crippen LogP contribution in [0.2, 0.25) is 0 Å². The average Bonchev–Trinajstić information content (AvgIpc) is 2.93. The Bertz CT molecular complexity index is 571. The minimum absolute atomic E-state index is 0.208. The largest absolute Gasteiger partial charge is 0.288 e. The molecule has 1 aromatic carbocycles. The SMILES string of the molecule is Cc1ccc(/C=C/C(=O)C(C#N)=C2SCCS2)cc1. The minimum Gasteiger partial charge on any atom is -0.288 e. The van der Waals surface area contributed by atoms with Crippen LogP contribution in [0.4, 0.5) is 0 Å². The highest BCUT2D eigenvalue weighted by molar-refractivity contribution is 8.25. The molecule has 1 fully saturated rings. The first-order chi connectivity index (χ1) is 9.20. The lowest BCUT2D eigenvalue weighted by Crippen LogP contribution is -1.97. The van der Waals surface area contributed by atoms with Crippen LogP contribution in [-0.4, -0.2) is 17.3 Å². The molecule has 96 valence electrons. The molecule has 1 aliphatic rings. The highest BCUT2D eigenvalue weighted by atomic mass is 32.2. The van der Waals surface area contributed by atoms with E-state index in [9.17, 15) is 4.79 Å². The van der Waals surface area contributed by atoms with Crippen molar-refractivity contribution in [3.63, 3.8) is 0 Å². The molecule has 1 saturated heterocycles. The summed E-state index contributed by atoms with van der Waals surface area (Å²) < 4.78 is 0.862. The zero-order valence-electron chi connectivity index (χ0n) is 10.6. The van der Waals surface area contributed by atoms with Crippen molar-refractivity contribution in [1.82, 2.24) is 0 Å². The van der Waals surface area contributed by atoms with Crippen LogP contribution in [0.5, 0.6) is 0 Å². The summed E-state index contributed by atoms with van der Waals surface area (Å²) in [4.78, 5) is 12.0. The summed E-state index contributed by atoms with van der Waals surface area (Å²) in [6, 6.07) is 9.93. The lowest BCUT2D eigenvalue weighted by Gasteiger charge is -1.98. The van der Waals surface area contributed by atoms with E-state index in [0.29, 0.717) is 0 Å².